The molecule has 1 aliphatic heterocycles. The Morgan fingerprint density at radius 3 is 2.27 bits per heavy atom. The van der Waals surface area contributed by atoms with Crippen LogP contribution in [-0.2, 0) is 9.59 Å². The van der Waals surface area contributed by atoms with Crippen LogP contribution in [0, 0.1) is 19.7 Å². The quantitative estimate of drug-likeness (QED) is 0.548. The number of nitrogens with zero attached hydrogens (tertiary/aromatic N) is 1. The van der Waals surface area contributed by atoms with E-state index in [1.165, 1.54) is 38.5 Å². The lowest BCUT2D eigenvalue weighted by molar-refractivity contribution is -0.120. The highest BCUT2D eigenvalue weighted by molar-refractivity contribution is 6.46. The van der Waals surface area contributed by atoms with Crippen molar-refractivity contribution in [3.63, 3.8) is 0 Å². The van der Waals surface area contributed by atoms with E-state index in [9.17, 15) is 14.0 Å². The van der Waals surface area contributed by atoms with Crippen LogP contribution in [0.25, 0.3) is 5.57 Å². The molecule has 3 aromatic rings. The van der Waals surface area contributed by atoms with E-state index in [0.717, 1.165) is 16.0 Å². The fourth-order valence-electron chi connectivity index (χ4n) is 3.74. The number of ether oxygens (including phenoxy) is 2. The fourth-order valence-corrected chi connectivity index (χ4v) is 3.74. The molecule has 1 aliphatic rings. The summed E-state index contributed by atoms with van der Waals surface area (Å²) in [6.45, 7) is 3.89. The second kappa shape index (κ2) is 8.78. The number of carbonyl (C=O) groups is 2. The van der Waals surface area contributed by atoms with Crippen LogP contribution in [0.15, 0.2) is 66.4 Å². The maximum absolute atomic E-state index is 13.6. The third-order valence-corrected chi connectivity index (χ3v) is 5.71. The third-order valence-electron chi connectivity index (χ3n) is 5.71. The number of nitrogens with one attached hydrogen (secondary N) is 1. The lowest BCUT2D eigenvalue weighted by Crippen LogP contribution is -2.32. The van der Waals surface area contributed by atoms with Crippen molar-refractivity contribution in [2.45, 2.75) is 13.8 Å². The van der Waals surface area contributed by atoms with Gasteiger partial charge in [0.15, 0.2) is 0 Å². The number of hydrogen-bond acceptors (Lipinski definition) is 5. The van der Waals surface area contributed by atoms with Crippen LogP contribution in [0.4, 0.5) is 15.8 Å². The van der Waals surface area contributed by atoms with E-state index in [1.807, 2.05) is 32.0 Å². The van der Waals surface area contributed by atoms with Gasteiger partial charge in [-0.1, -0.05) is 24.3 Å². The fraction of sp³-hybridized carbons (Fsp3) is 0.154. The number of imide groups is 1. The van der Waals surface area contributed by atoms with E-state index in [1.54, 1.807) is 18.2 Å². The average Bonchev–Trinajstić information content (AvgIpc) is 3.06. The topological polar surface area (TPSA) is 67.9 Å². The first-order chi connectivity index (χ1) is 15.8. The van der Waals surface area contributed by atoms with Crippen molar-refractivity contribution in [3.8, 4) is 11.5 Å². The zero-order valence-corrected chi connectivity index (χ0v) is 18.7. The molecule has 0 spiro atoms. The van der Waals surface area contributed by atoms with Gasteiger partial charge < -0.3 is 14.8 Å². The summed E-state index contributed by atoms with van der Waals surface area (Å²) < 4.78 is 24.3. The van der Waals surface area contributed by atoms with Crippen molar-refractivity contribution >= 4 is 28.8 Å². The van der Waals surface area contributed by atoms with E-state index < -0.39 is 17.6 Å². The molecule has 3 aromatic carbocycles. The number of amides is 2. The average molecular weight is 446 g/mol. The van der Waals surface area contributed by atoms with Gasteiger partial charge in [-0.15, -0.1) is 0 Å². The molecule has 2 amide bonds. The molecule has 7 heteroatoms. The van der Waals surface area contributed by atoms with Crippen LogP contribution in [0.3, 0.4) is 0 Å². The Bertz CT molecular complexity index is 1280. The molecular formula is C26H23FN2O4. The first-order valence-corrected chi connectivity index (χ1v) is 10.3. The predicted molar refractivity (Wildman–Crippen MR) is 125 cm³/mol. The Balaban J connectivity index is 1.88. The standard InChI is InChI=1S/C26H23FN2O4/c1-15-6-5-7-20(16(15)2)28-24-23(17-8-10-18(27)11-9-17)25(30)29(26(24)31)21-14-19(32-3)12-13-22(21)33-4/h5-14,28H,1-4H3. The number of benzene rings is 3. The summed E-state index contributed by atoms with van der Waals surface area (Å²) in [7, 11) is 2.95. The Morgan fingerprint density at radius 2 is 1.61 bits per heavy atom. The number of carbonyl (C=O) groups excluding carboxylic acids is 2. The van der Waals surface area contributed by atoms with E-state index in [4.69, 9.17) is 9.47 Å². The van der Waals surface area contributed by atoms with Crippen molar-refractivity contribution < 1.29 is 23.5 Å². The van der Waals surface area contributed by atoms with Gasteiger partial charge in [0.2, 0.25) is 0 Å². The molecule has 1 heterocycles. The smallest absolute Gasteiger partial charge is 0.282 e. The minimum absolute atomic E-state index is 0.102. The number of aryl methyl sites for hydroxylation is 1. The molecule has 0 aliphatic carbocycles. The highest BCUT2D eigenvalue weighted by Gasteiger charge is 2.41. The zero-order chi connectivity index (χ0) is 23.7. The summed E-state index contributed by atoms with van der Waals surface area (Å²) in [5.74, 6) is -0.737. The first kappa shape index (κ1) is 22.1. The lowest BCUT2D eigenvalue weighted by atomic mass is 10.0. The van der Waals surface area contributed by atoms with Crippen molar-refractivity contribution in [2.24, 2.45) is 0 Å². The summed E-state index contributed by atoms with van der Waals surface area (Å²) in [4.78, 5) is 28.3. The monoisotopic (exact) mass is 446 g/mol. The third kappa shape index (κ3) is 3.93. The van der Waals surface area contributed by atoms with Gasteiger partial charge in [0.1, 0.15) is 23.0 Å². The summed E-state index contributed by atoms with van der Waals surface area (Å²) in [5.41, 5.74) is 3.60. The zero-order valence-electron chi connectivity index (χ0n) is 18.7. The minimum atomic E-state index is -0.550. The maximum Gasteiger partial charge on any atom is 0.282 e. The molecule has 0 saturated heterocycles. The Labute approximate surface area is 191 Å². The van der Waals surface area contributed by atoms with Crippen molar-refractivity contribution in [1.82, 2.24) is 0 Å². The molecular weight excluding hydrogens is 423 g/mol. The molecule has 0 fully saturated rings. The molecule has 33 heavy (non-hydrogen) atoms. The molecule has 0 bridgehead atoms. The minimum Gasteiger partial charge on any atom is -0.497 e. The van der Waals surface area contributed by atoms with Gasteiger partial charge in [0, 0.05) is 11.8 Å². The van der Waals surface area contributed by atoms with E-state index in [2.05, 4.69) is 5.32 Å². The second-order valence-electron chi connectivity index (χ2n) is 7.61. The normalized spacial score (nSPS) is 13.5. The summed E-state index contributed by atoms with van der Waals surface area (Å²) >= 11 is 0. The van der Waals surface area contributed by atoms with E-state index in [-0.39, 0.29) is 17.0 Å². The van der Waals surface area contributed by atoms with Crippen LogP contribution in [0.1, 0.15) is 16.7 Å². The molecule has 6 nitrogen and oxygen atoms in total. The maximum atomic E-state index is 13.6. The predicted octanol–water partition coefficient (Wildman–Crippen LogP) is 4.86. The van der Waals surface area contributed by atoms with Gasteiger partial charge in [0.25, 0.3) is 11.8 Å². The molecule has 4 rings (SSSR count). The highest BCUT2D eigenvalue weighted by Crippen LogP contribution is 2.40. The van der Waals surface area contributed by atoms with Crippen LogP contribution in [-0.4, -0.2) is 26.0 Å². The van der Waals surface area contributed by atoms with Gasteiger partial charge in [-0.25, -0.2) is 9.29 Å². The lowest BCUT2D eigenvalue weighted by Gasteiger charge is -2.19. The summed E-state index contributed by atoms with van der Waals surface area (Å²) in [6, 6.07) is 16.0. The van der Waals surface area contributed by atoms with Crippen molar-refractivity contribution in [2.75, 3.05) is 24.4 Å². The van der Waals surface area contributed by atoms with Crippen LogP contribution >= 0.6 is 0 Å². The Morgan fingerprint density at radius 1 is 0.879 bits per heavy atom. The highest BCUT2D eigenvalue weighted by atomic mass is 19.1. The molecule has 1 N–H and O–H groups in total. The largest absolute Gasteiger partial charge is 0.497 e. The number of anilines is 2. The molecule has 168 valence electrons. The Kier molecular flexibility index (Phi) is 5.87. The van der Waals surface area contributed by atoms with E-state index in [0.29, 0.717) is 22.7 Å². The summed E-state index contributed by atoms with van der Waals surface area (Å²) in [6.07, 6.45) is 0. The summed E-state index contributed by atoms with van der Waals surface area (Å²) in [5, 5.41) is 3.16. The second-order valence-corrected chi connectivity index (χ2v) is 7.61. The van der Waals surface area contributed by atoms with E-state index >= 15 is 0 Å². The van der Waals surface area contributed by atoms with Gasteiger partial charge in [0.05, 0.1) is 25.5 Å². The Hall–Kier alpha value is -4.13. The number of halogens is 1. The van der Waals surface area contributed by atoms with Gasteiger partial charge >= 0.3 is 0 Å². The first-order valence-electron chi connectivity index (χ1n) is 10.3. The van der Waals surface area contributed by atoms with Gasteiger partial charge in [-0.05, 0) is 60.9 Å². The molecule has 0 saturated carbocycles. The molecule has 0 aromatic heterocycles. The molecule has 0 radical (unpaired) electrons. The molecule has 0 unspecified atom stereocenters. The number of hydrogen-bond donors (Lipinski definition) is 1. The van der Waals surface area contributed by atoms with Gasteiger partial charge in [-0.2, -0.15) is 0 Å². The number of methoxy groups -OCH3 is 2. The number of rotatable bonds is 6. The van der Waals surface area contributed by atoms with Crippen LogP contribution in [0.2, 0.25) is 0 Å². The van der Waals surface area contributed by atoms with Crippen LogP contribution < -0.4 is 19.7 Å². The van der Waals surface area contributed by atoms with Crippen molar-refractivity contribution in [3.05, 3.63) is 88.9 Å². The van der Waals surface area contributed by atoms with Crippen molar-refractivity contribution in [1.29, 1.82) is 0 Å². The molecule has 0 atom stereocenters. The van der Waals surface area contributed by atoms with Crippen LogP contribution in [0.5, 0.6) is 11.5 Å². The SMILES string of the molecule is COc1ccc(OC)c(N2C(=O)C(Nc3cccc(C)c3C)=C(c3ccc(F)cc3)C2=O)c1. The van der Waals surface area contributed by atoms with Gasteiger partial charge in [-0.3, -0.25) is 9.59 Å².